The molecule has 0 saturated carbocycles. The van der Waals surface area contributed by atoms with Gasteiger partial charge in [-0.15, -0.1) is 11.3 Å². The minimum Gasteiger partial charge on any atom is -0.322 e. The van der Waals surface area contributed by atoms with Crippen LogP contribution in [0.4, 0.5) is 0 Å². The van der Waals surface area contributed by atoms with Crippen molar-refractivity contribution in [2.45, 2.75) is 33.9 Å². The Morgan fingerprint density at radius 1 is 1.04 bits per heavy atom. The highest BCUT2D eigenvalue weighted by molar-refractivity contribution is 7.18. The summed E-state index contributed by atoms with van der Waals surface area (Å²) in [6.07, 6.45) is 0. The third-order valence-electron chi connectivity index (χ3n) is 5.87. The normalized spacial score (nSPS) is 20.3. The van der Waals surface area contributed by atoms with Gasteiger partial charge in [-0.25, -0.2) is 4.98 Å². The van der Waals surface area contributed by atoms with Crippen molar-refractivity contribution in [2.75, 3.05) is 26.2 Å². The maximum Gasteiger partial charge on any atom is 0.260 e. The molecule has 142 valence electrons. The average Bonchev–Trinajstić information content (AvgIpc) is 2.93. The minimum atomic E-state index is 0.0139. The number of quaternary nitrogens is 2. The molecule has 0 unspecified atom stereocenters. The number of nitrogens with one attached hydrogen (secondary N) is 3. The van der Waals surface area contributed by atoms with E-state index in [0.717, 1.165) is 60.9 Å². The molecule has 3 aromatic rings. The quantitative estimate of drug-likeness (QED) is 0.610. The van der Waals surface area contributed by atoms with Crippen LogP contribution in [-0.2, 0) is 13.1 Å². The first-order chi connectivity index (χ1) is 13.0. The topological polar surface area (TPSA) is 54.6 Å². The Morgan fingerprint density at radius 3 is 2.41 bits per heavy atom. The fourth-order valence-corrected chi connectivity index (χ4v) is 5.06. The number of nitrogens with zero attached hydrogens (tertiary/aromatic N) is 1. The van der Waals surface area contributed by atoms with Crippen LogP contribution in [0, 0.1) is 20.8 Å². The monoisotopic (exact) mass is 384 g/mol. The Kier molecular flexibility index (Phi) is 5.12. The molecule has 0 aliphatic carbocycles. The van der Waals surface area contributed by atoms with Crippen molar-refractivity contribution in [1.82, 2.24) is 9.97 Å². The van der Waals surface area contributed by atoms with Gasteiger partial charge in [0.05, 0.1) is 5.39 Å². The number of aryl methyl sites for hydroxylation is 3. The SMILES string of the molecule is Cc1ccccc1C[NH+]1CC[NH+](Cc2nc3sc(C)c(C)c3c(=O)[nH]2)CC1. The molecule has 0 radical (unpaired) electrons. The Bertz CT molecular complexity index is 1010. The van der Waals surface area contributed by atoms with Gasteiger partial charge in [0, 0.05) is 10.4 Å². The highest BCUT2D eigenvalue weighted by atomic mass is 32.1. The molecular formula is C21H28N4OS+2. The van der Waals surface area contributed by atoms with E-state index in [4.69, 9.17) is 4.98 Å². The third-order valence-corrected chi connectivity index (χ3v) is 6.97. The van der Waals surface area contributed by atoms with Gasteiger partial charge in [-0.1, -0.05) is 24.3 Å². The summed E-state index contributed by atoms with van der Waals surface area (Å²) in [6, 6.07) is 8.69. The van der Waals surface area contributed by atoms with Crippen LogP contribution in [0.2, 0.25) is 0 Å². The number of thiophene rings is 1. The zero-order valence-electron chi connectivity index (χ0n) is 16.3. The van der Waals surface area contributed by atoms with E-state index in [2.05, 4.69) is 43.1 Å². The Hall–Kier alpha value is -2.02. The molecule has 1 aromatic carbocycles. The number of H-pyrrole nitrogens is 1. The van der Waals surface area contributed by atoms with Crippen LogP contribution in [0.15, 0.2) is 29.1 Å². The van der Waals surface area contributed by atoms with Crippen LogP contribution in [0.3, 0.4) is 0 Å². The molecule has 1 saturated heterocycles. The first-order valence-electron chi connectivity index (χ1n) is 9.72. The molecule has 0 atom stereocenters. The number of hydrogen-bond donors (Lipinski definition) is 3. The van der Waals surface area contributed by atoms with Gasteiger partial charge >= 0.3 is 0 Å². The largest absolute Gasteiger partial charge is 0.322 e. The average molecular weight is 385 g/mol. The lowest BCUT2D eigenvalue weighted by atomic mass is 10.1. The van der Waals surface area contributed by atoms with Crippen LogP contribution in [-0.4, -0.2) is 36.1 Å². The van der Waals surface area contributed by atoms with Gasteiger partial charge < -0.3 is 14.8 Å². The van der Waals surface area contributed by atoms with Crippen molar-refractivity contribution in [1.29, 1.82) is 0 Å². The summed E-state index contributed by atoms with van der Waals surface area (Å²) in [5.74, 6) is 0.825. The molecule has 3 N–H and O–H groups in total. The lowest BCUT2D eigenvalue weighted by molar-refractivity contribution is -1.02. The van der Waals surface area contributed by atoms with Gasteiger partial charge in [-0.2, -0.15) is 0 Å². The van der Waals surface area contributed by atoms with Crippen molar-refractivity contribution in [3.8, 4) is 0 Å². The summed E-state index contributed by atoms with van der Waals surface area (Å²) >= 11 is 1.63. The summed E-state index contributed by atoms with van der Waals surface area (Å²) in [5.41, 5.74) is 3.92. The van der Waals surface area contributed by atoms with E-state index in [-0.39, 0.29) is 5.56 Å². The summed E-state index contributed by atoms with van der Waals surface area (Å²) in [5, 5.41) is 0.767. The molecule has 3 heterocycles. The molecule has 0 bridgehead atoms. The van der Waals surface area contributed by atoms with E-state index in [1.54, 1.807) is 16.2 Å². The smallest absolute Gasteiger partial charge is 0.260 e. The molecular weight excluding hydrogens is 356 g/mol. The second-order valence-electron chi connectivity index (χ2n) is 7.76. The first kappa shape index (κ1) is 18.3. The summed E-state index contributed by atoms with van der Waals surface area (Å²) in [7, 11) is 0. The summed E-state index contributed by atoms with van der Waals surface area (Å²) < 4.78 is 0. The van der Waals surface area contributed by atoms with Crippen molar-refractivity contribution in [3.05, 3.63) is 62.0 Å². The fourth-order valence-electron chi connectivity index (χ4n) is 4.01. The van der Waals surface area contributed by atoms with E-state index >= 15 is 0 Å². The number of benzene rings is 1. The Labute approximate surface area is 163 Å². The molecule has 6 heteroatoms. The van der Waals surface area contributed by atoms with Crippen LogP contribution in [0.5, 0.6) is 0 Å². The molecule has 27 heavy (non-hydrogen) atoms. The zero-order valence-corrected chi connectivity index (χ0v) is 17.1. The molecule has 4 rings (SSSR count). The Balaban J connectivity index is 1.40. The van der Waals surface area contributed by atoms with E-state index in [1.807, 2.05) is 6.92 Å². The van der Waals surface area contributed by atoms with E-state index in [1.165, 1.54) is 20.9 Å². The summed E-state index contributed by atoms with van der Waals surface area (Å²) in [6.45, 7) is 12.7. The number of fused-ring (bicyclic) bond motifs is 1. The van der Waals surface area contributed by atoms with Gasteiger partial charge in [0.2, 0.25) is 0 Å². The maximum atomic E-state index is 12.5. The van der Waals surface area contributed by atoms with E-state index in [0.29, 0.717) is 0 Å². The first-order valence-corrected chi connectivity index (χ1v) is 10.5. The van der Waals surface area contributed by atoms with Gasteiger partial charge in [-0.3, -0.25) is 4.79 Å². The van der Waals surface area contributed by atoms with Crippen molar-refractivity contribution in [3.63, 3.8) is 0 Å². The highest BCUT2D eigenvalue weighted by Crippen LogP contribution is 2.25. The van der Waals surface area contributed by atoms with Crippen LogP contribution >= 0.6 is 11.3 Å². The second-order valence-corrected chi connectivity index (χ2v) is 8.96. The predicted molar refractivity (Wildman–Crippen MR) is 110 cm³/mol. The number of rotatable bonds is 4. The van der Waals surface area contributed by atoms with Crippen molar-refractivity contribution in [2.24, 2.45) is 0 Å². The molecule has 5 nitrogen and oxygen atoms in total. The zero-order chi connectivity index (χ0) is 19.0. The second kappa shape index (κ2) is 7.54. The predicted octanol–water partition coefficient (Wildman–Crippen LogP) is 0.393. The number of piperazine rings is 1. The highest BCUT2D eigenvalue weighted by Gasteiger charge is 2.24. The van der Waals surface area contributed by atoms with Gasteiger partial charge in [0.15, 0.2) is 5.82 Å². The van der Waals surface area contributed by atoms with Gasteiger partial charge in [-0.05, 0) is 31.9 Å². The third kappa shape index (κ3) is 3.83. The molecule has 0 spiro atoms. The van der Waals surface area contributed by atoms with Crippen molar-refractivity contribution >= 4 is 21.6 Å². The van der Waals surface area contributed by atoms with Crippen LogP contribution < -0.4 is 15.4 Å². The minimum absolute atomic E-state index is 0.0139. The number of hydrogen-bond acceptors (Lipinski definition) is 3. The molecule has 1 aliphatic rings. The Morgan fingerprint density at radius 2 is 1.70 bits per heavy atom. The summed E-state index contributed by atoms with van der Waals surface area (Å²) in [4.78, 5) is 25.4. The van der Waals surface area contributed by atoms with E-state index in [9.17, 15) is 4.79 Å². The fraction of sp³-hybridized carbons (Fsp3) is 0.429. The molecule has 1 aliphatic heterocycles. The molecule has 2 aromatic heterocycles. The standard InChI is InChI=1S/C21H26N4OS/c1-14-6-4-5-7-17(14)12-24-8-10-25(11-9-24)13-18-22-20(26)19-15(2)16(3)27-21(19)23-18/h4-7H,8-13H2,1-3H3,(H,22,23,26)/p+2. The van der Waals surface area contributed by atoms with E-state index < -0.39 is 0 Å². The lowest BCUT2D eigenvalue weighted by Gasteiger charge is -2.29. The van der Waals surface area contributed by atoms with Crippen molar-refractivity contribution < 1.29 is 9.80 Å². The number of aromatic amines is 1. The van der Waals surface area contributed by atoms with Gasteiger partial charge in [0.1, 0.15) is 44.1 Å². The molecule has 1 fully saturated rings. The van der Waals surface area contributed by atoms with Crippen LogP contribution in [0.25, 0.3) is 10.2 Å². The van der Waals surface area contributed by atoms with Gasteiger partial charge in [0.25, 0.3) is 5.56 Å². The number of aromatic nitrogens is 2. The lowest BCUT2D eigenvalue weighted by Crippen LogP contribution is -3.27. The van der Waals surface area contributed by atoms with Crippen LogP contribution in [0.1, 0.15) is 27.4 Å². The maximum absolute atomic E-state index is 12.5. The molecule has 0 amide bonds.